The van der Waals surface area contributed by atoms with Gasteiger partial charge in [-0.2, -0.15) is 8.42 Å². The van der Waals surface area contributed by atoms with E-state index < -0.39 is 21.6 Å². The van der Waals surface area contributed by atoms with Crippen molar-refractivity contribution >= 4 is 27.4 Å². The monoisotopic (exact) mass is 499 g/mol. The van der Waals surface area contributed by atoms with E-state index in [-0.39, 0.29) is 16.4 Å². The molecule has 2 aliphatic heterocycles. The second-order valence-electron chi connectivity index (χ2n) is 10.4. The molecule has 35 heavy (non-hydrogen) atoms. The fourth-order valence-corrected chi connectivity index (χ4v) is 6.57. The summed E-state index contributed by atoms with van der Waals surface area (Å²) in [7, 11) is -4.14. The van der Waals surface area contributed by atoms with Gasteiger partial charge in [-0.15, -0.1) is 0 Å². The molecule has 3 aliphatic rings. The van der Waals surface area contributed by atoms with Gasteiger partial charge in [0.05, 0.1) is 24.2 Å². The minimum absolute atomic E-state index is 0.0476. The molecule has 188 valence electrons. The smallest absolute Gasteiger partial charge is 0.298 e. The van der Waals surface area contributed by atoms with Crippen molar-refractivity contribution in [3.05, 3.63) is 53.6 Å². The normalized spacial score (nSPS) is 23.0. The van der Waals surface area contributed by atoms with E-state index in [1.54, 1.807) is 12.1 Å². The zero-order valence-electron chi connectivity index (χ0n) is 20.2. The van der Waals surface area contributed by atoms with Crippen LogP contribution in [0, 0.1) is 0 Å². The second-order valence-corrected chi connectivity index (χ2v) is 12.0. The zero-order chi connectivity index (χ0) is 24.8. The largest absolute Gasteiger partial charge is 0.378 e. The third-order valence-corrected chi connectivity index (χ3v) is 8.95. The molecule has 3 N–H and O–H groups in total. The van der Waals surface area contributed by atoms with E-state index in [1.165, 1.54) is 17.3 Å². The fraction of sp³-hybridized carbons (Fsp3) is 0.500. The van der Waals surface area contributed by atoms with Crippen LogP contribution in [0.3, 0.4) is 0 Å². The van der Waals surface area contributed by atoms with Crippen LogP contribution >= 0.6 is 0 Å². The van der Waals surface area contributed by atoms with Gasteiger partial charge in [0.2, 0.25) is 0 Å². The van der Waals surface area contributed by atoms with Gasteiger partial charge in [-0.3, -0.25) is 4.79 Å². The predicted molar refractivity (Wildman–Crippen MR) is 134 cm³/mol. The first-order valence-electron chi connectivity index (χ1n) is 12.2. The van der Waals surface area contributed by atoms with E-state index in [0.717, 1.165) is 44.0 Å². The van der Waals surface area contributed by atoms with Gasteiger partial charge >= 0.3 is 0 Å². The van der Waals surface area contributed by atoms with Crippen LogP contribution < -0.4 is 16.0 Å². The molecule has 0 spiro atoms. The number of rotatable bonds is 6. The SMILES string of the molecule is CC1(C)CC(c2cccc(N3CCOCC3)c2)Nc2ccc(S(=O)(=O)OC3(C(N)=O)CCC3)cc21. The Morgan fingerprint density at radius 1 is 1.14 bits per heavy atom. The first-order valence-corrected chi connectivity index (χ1v) is 13.6. The maximum Gasteiger partial charge on any atom is 0.298 e. The maximum atomic E-state index is 13.1. The number of nitrogens with two attached hydrogens (primary N) is 1. The van der Waals surface area contributed by atoms with Gasteiger partial charge in [0, 0.05) is 24.5 Å². The molecule has 2 aromatic carbocycles. The number of morpholine rings is 1. The number of ether oxygens (including phenoxy) is 1. The molecule has 0 radical (unpaired) electrons. The van der Waals surface area contributed by atoms with Crippen LogP contribution in [0.15, 0.2) is 47.4 Å². The van der Waals surface area contributed by atoms with E-state index in [2.05, 4.69) is 48.3 Å². The van der Waals surface area contributed by atoms with Gasteiger partial charge in [-0.05, 0) is 72.6 Å². The lowest BCUT2D eigenvalue weighted by molar-refractivity contribution is -0.140. The first kappa shape index (κ1) is 24.1. The summed E-state index contributed by atoms with van der Waals surface area (Å²) in [6.07, 6.45) is 2.16. The molecule has 0 aromatic heterocycles. The minimum Gasteiger partial charge on any atom is -0.378 e. The Kier molecular flexibility index (Phi) is 6.05. The molecule has 1 aliphatic carbocycles. The van der Waals surface area contributed by atoms with Crippen molar-refractivity contribution in [2.45, 2.75) is 61.5 Å². The Labute approximate surface area is 206 Å². The van der Waals surface area contributed by atoms with Crippen molar-refractivity contribution < 1.29 is 22.1 Å². The van der Waals surface area contributed by atoms with E-state index in [1.807, 2.05) is 0 Å². The highest BCUT2D eigenvalue weighted by Gasteiger charge is 2.48. The van der Waals surface area contributed by atoms with Crippen LogP contribution in [0.2, 0.25) is 0 Å². The first-order chi connectivity index (χ1) is 16.6. The number of carbonyl (C=O) groups is 1. The number of amides is 1. The number of nitrogens with one attached hydrogen (secondary N) is 1. The van der Waals surface area contributed by atoms with Crippen LogP contribution in [0.1, 0.15) is 56.7 Å². The van der Waals surface area contributed by atoms with Crippen molar-refractivity contribution in [3.8, 4) is 0 Å². The van der Waals surface area contributed by atoms with Gasteiger partial charge in [-0.1, -0.05) is 26.0 Å². The number of fused-ring (bicyclic) bond motifs is 1. The number of hydrogen-bond donors (Lipinski definition) is 2. The molecule has 8 nitrogen and oxygen atoms in total. The summed E-state index contributed by atoms with van der Waals surface area (Å²) < 4.78 is 37.0. The van der Waals surface area contributed by atoms with Gasteiger partial charge in [0.1, 0.15) is 0 Å². The van der Waals surface area contributed by atoms with Crippen molar-refractivity contribution in [1.82, 2.24) is 0 Å². The van der Waals surface area contributed by atoms with Gasteiger partial charge < -0.3 is 20.7 Å². The molecule has 9 heteroatoms. The Balaban J connectivity index is 1.41. The molecular formula is C26H33N3O5S. The minimum atomic E-state index is -4.14. The quantitative estimate of drug-likeness (QED) is 0.586. The molecule has 1 saturated heterocycles. The molecule has 2 fully saturated rings. The Bertz CT molecular complexity index is 1230. The molecule has 1 saturated carbocycles. The fourth-order valence-electron chi connectivity index (χ4n) is 5.31. The summed E-state index contributed by atoms with van der Waals surface area (Å²) in [5, 5.41) is 3.61. The van der Waals surface area contributed by atoms with E-state index in [9.17, 15) is 13.2 Å². The molecule has 2 aromatic rings. The van der Waals surface area contributed by atoms with Gasteiger partial charge in [0.25, 0.3) is 16.0 Å². The summed E-state index contributed by atoms with van der Waals surface area (Å²) in [4.78, 5) is 14.2. The molecule has 1 amide bonds. The Morgan fingerprint density at radius 3 is 2.54 bits per heavy atom. The number of primary amides is 1. The third-order valence-electron chi connectivity index (χ3n) is 7.58. The summed E-state index contributed by atoms with van der Waals surface area (Å²) >= 11 is 0. The average molecular weight is 500 g/mol. The standard InChI is InChI=1S/C26H33N3O5S/c1-25(2)17-23(18-5-3-6-19(15-18)29-11-13-33-14-12-29)28-22-8-7-20(16-21(22)25)35(31,32)34-26(24(27)30)9-4-10-26/h3,5-8,15-16,23,28H,4,9-14,17H2,1-2H3,(H2,27,30). The van der Waals surface area contributed by atoms with Crippen LogP contribution in [-0.2, 0) is 29.2 Å². The van der Waals surface area contributed by atoms with E-state index in [4.69, 9.17) is 14.7 Å². The zero-order valence-corrected chi connectivity index (χ0v) is 21.1. The predicted octanol–water partition coefficient (Wildman–Crippen LogP) is 3.47. The molecular weight excluding hydrogens is 466 g/mol. The number of anilines is 2. The lowest BCUT2D eigenvalue weighted by Gasteiger charge is -2.40. The highest BCUT2D eigenvalue weighted by molar-refractivity contribution is 7.86. The van der Waals surface area contributed by atoms with Crippen molar-refractivity contribution in [1.29, 1.82) is 0 Å². The van der Waals surface area contributed by atoms with Crippen LogP contribution in [0.4, 0.5) is 11.4 Å². The highest BCUT2D eigenvalue weighted by atomic mass is 32.2. The Morgan fingerprint density at radius 2 is 1.89 bits per heavy atom. The maximum absolute atomic E-state index is 13.1. The van der Waals surface area contributed by atoms with Crippen LogP contribution in [-0.4, -0.2) is 46.2 Å². The highest BCUT2D eigenvalue weighted by Crippen LogP contribution is 2.46. The second kappa shape index (κ2) is 8.80. The van der Waals surface area contributed by atoms with Crippen molar-refractivity contribution in [2.75, 3.05) is 36.5 Å². The number of hydrogen-bond acceptors (Lipinski definition) is 7. The van der Waals surface area contributed by atoms with Gasteiger partial charge in [0.15, 0.2) is 5.60 Å². The number of benzene rings is 2. The third kappa shape index (κ3) is 4.52. The van der Waals surface area contributed by atoms with Crippen LogP contribution in [0.25, 0.3) is 0 Å². The molecule has 5 rings (SSSR count). The molecule has 1 atom stereocenters. The Hall–Kier alpha value is -2.62. The van der Waals surface area contributed by atoms with Crippen molar-refractivity contribution in [2.24, 2.45) is 5.73 Å². The lowest BCUT2D eigenvalue weighted by Crippen LogP contribution is -2.52. The summed E-state index contributed by atoms with van der Waals surface area (Å²) in [6.45, 7) is 7.49. The number of nitrogens with zero attached hydrogens (tertiary/aromatic N) is 1. The van der Waals surface area contributed by atoms with E-state index >= 15 is 0 Å². The molecule has 0 bridgehead atoms. The van der Waals surface area contributed by atoms with Crippen LogP contribution in [0.5, 0.6) is 0 Å². The lowest BCUT2D eigenvalue weighted by atomic mass is 9.74. The molecule has 1 unspecified atom stereocenters. The van der Waals surface area contributed by atoms with E-state index in [0.29, 0.717) is 19.3 Å². The average Bonchev–Trinajstić information content (AvgIpc) is 2.81. The summed E-state index contributed by atoms with van der Waals surface area (Å²) in [6, 6.07) is 13.7. The summed E-state index contributed by atoms with van der Waals surface area (Å²) in [5.74, 6) is -0.727. The number of carbonyl (C=O) groups excluding carboxylic acids is 1. The summed E-state index contributed by atoms with van der Waals surface area (Å²) in [5.41, 5.74) is 7.94. The van der Waals surface area contributed by atoms with Gasteiger partial charge in [-0.25, -0.2) is 4.18 Å². The molecule has 2 heterocycles. The topological polar surface area (TPSA) is 111 Å². The van der Waals surface area contributed by atoms with Crippen molar-refractivity contribution in [3.63, 3.8) is 0 Å².